The first-order chi connectivity index (χ1) is 28.2. The molecule has 0 spiro atoms. The average Bonchev–Trinajstić information content (AvgIpc) is 3.82. The van der Waals surface area contributed by atoms with Crippen molar-refractivity contribution >= 4 is 39.9 Å². The number of alkyl carbamates (subject to hydrolysis) is 1. The standard InChI is InChI=1S/C45H53N7O7/c1-22(2)37(50-43(54)57-8)42(53)51-19-24(20-56-7)13-34(51)40-46-18-33(48-40)26-9-11-28-27(14-26)21-58-36-17-30-25(15-31(28)36)10-12-32-38(30)49-41(47-32)35-16-29-23(3)39(29)52(35)44(55)59-45(4,5)6/h9-12,14-15,17-18,22-24,29,34-35,37,39H,13,16,19-21H2,1-8H3,(H,46,48)(H,47,49)(H,50,54)/t23-,24+,29+,34+,35+,37+,39-/m1/s1. The number of likely N-dealkylation sites (tertiary alicyclic amines) is 2. The van der Waals surface area contributed by atoms with Gasteiger partial charge in [-0.1, -0.05) is 39.0 Å². The van der Waals surface area contributed by atoms with Crippen LogP contribution in [0, 0.1) is 23.7 Å². The number of hydrogen-bond donors (Lipinski definition) is 3. The maximum absolute atomic E-state index is 13.9. The molecule has 0 bridgehead atoms. The van der Waals surface area contributed by atoms with Crippen molar-refractivity contribution in [2.45, 2.75) is 90.8 Å². The summed E-state index contributed by atoms with van der Waals surface area (Å²) in [6.07, 6.45) is 2.43. The molecule has 1 saturated carbocycles. The molecule has 3 N–H and O–H groups in total. The Labute approximate surface area is 343 Å². The van der Waals surface area contributed by atoms with Crippen molar-refractivity contribution in [3.63, 3.8) is 0 Å². The number of amides is 3. The molecule has 59 heavy (non-hydrogen) atoms. The first-order valence-electron chi connectivity index (χ1n) is 20.7. The van der Waals surface area contributed by atoms with Gasteiger partial charge >= 0.3 is 12.2 Å². The van der Waals surface area contributed by atoms with E-state index in [-0.39, 0.29) is 42.0 Å². The van der Waals surface area contributed by atoms with E-state index in [1.165, 1.54) is 7.11 Å². The van der Waals surface area contributed by atoms with Gasteiger partial charge in [0.05, 0.1) is 48.7 Å². The summed E-state index contributed by atoms with van der Waals surface area (Å²) in [6, 6.07) is 13.7. The van der Waals surface area contributed by atoms with Gasteiger partial charge < -0.3 is 39.1 Å². The maximum Gasteiger partial charge on any atom is 0.411 e. The lowest BCUT2D eigenvalue weighted by atomic mass is 9.92. The third kappa shape index (κ3) is 6.94. The summed E-state index contributed by atoms with van der Waals surface area (Å²) in [6.45, 7) is 13.1. The number of imidazole rings is 2. The summed E-state index contributed by atoms with van der Waals surface area (Å²) < 4.78 is 22.6. The van der Waals surface area contributed by atoms with Gasteiger partial charge in [0.1, 0.15) is 35.6 Å². The van der Waals surface area contributed by atoms with Crippen LogP contribution >= 0.6 is 0 Å². The number of carbonyl (C=O) groups excluding carboxylic acids is 3. The fourth-order valence-corrected chi connectivity index (χ4v) is 9.67. The molecule has 310 valence electrons. The van der Waals surface area contributed by atoms with E-state index in [1.54, 1.807) is 7.11 Å². The molecule has 5 heterocycles. The average molecular weight is 804 g/mol. The zero-order valence-corrected chi connectivity index (χ0v) is 34.9. The van der Waals surface area contributed by atoms with Gasteiger partial charge in [-0.2, -0.15) is 0 Å². The van der Waals surface area contributed by atoms with Crippen molar-refractivity contribution in [2.75, 3.05) is 27.4 Å². The number of benzene rings is 3. The fourth-order valence-electron chi connectivity index (χ4n) is 9.67. The number of aromatic nitrogens is 4. The minimum Gasteiger partial charge on any atom is -0.488 e. The molecule has 7 atom stereocenters. The number of hydrogen-bond acceptors (Lipinski definition) is 9. The van der Waals surface area contributed by atoms with Gasteiger partial charge in [0.2, 0.25) is 5.91 Å². The van der Waals surface area contributed by atoms with Crippen LogP contribution in [0.3, 0.4) is 0 Å². The van der Waals surface area contributed by atoms with E-state index in [0.29, 0.717) is 43.8 Å². The molecule has 5 aromatic rings. The van der Waals surface area contributed by atoms with Crippen LogP contribution in [0.15, 0.2) is 48.7 Å². The number of fused-ring (bicyclic) bond motifs is 7. The van der Waals surface area contributed by atoms with E-state index in [0.717, 1.165) is 67.7 Å². The molecule has 3 aliphatic heterocycles. The Kier molecular flexibility index (Phi) is 9.60. The second-order valence-electron chi connectivity index (χ2n) is 18.1. The Morgan fingerprint density at radius 1 is 1.00 bits per heavy atom. The van der Waals surface area contributed by atoms with E-state index in [2.05, 4.69) is 64.7 Å². The zero-order valence-electron chi connectivity index (χ0n) is 34.9. The minimum atomic E-state index is -0.743. The van der Waals surface area contributed by atoms with Crippen molar-refractivity contribution in [3.05, 3.63) is 65.9 Å². The molecular formula is C45H53N7O7. The van der Waals surface area contributed by atoms with Gasteiger partial charge in [-0.3, -0.25) is 9.69 Å². The third-order valence-electron chi connectivity index (χ3n) is 12.6. The number of methoxy groups -OCH3 is 2. The minimum absolute atomic E-state index is 0.118. The molecule has 3 amide bonds. The van der Waals surface area contributed by atoms with Crippen LogP contribution in [0.5, 0.6) is 5.75 Å². The number of carbonyl (C=O) groups is 3. The summed E-state index contributed by atoms with van der Waals surface area (Å²) >= 11 is 0. The summed E-state index contributed by atoms with van der Waals surface area (Å²) in [5.74, 6) is 2.97. The van der Waals surface area contributed by atoms with Crippen LogP contribution in [0.2, 0.25) is 0 Å². The number of ether oxygens (including phenoxy) is 4. The molecule has 9 rings (SSSR count). The highest BCUT2D eigenvalue weighted by Crippen LogP contribution is 2.58. The van der Waals surface area contributed by atoms with Gasteiger partial charge in [-0.05, 0) is 97.7 Å². The number of aromatic amines is 2. The molecule has 0 unspecified atom stereocenters. The summed E-state index contributed by atoms with van der Waals surface area (Å²) in [7, 11) is 2.95. The summed E-state index contributed by atoms with van der Waals surface area (Å²) in [5, 5.41) is 4.76. The van der Waals surface area contributed by atoms with Crippen LogP contribution < -0.4 is 10.1 Å². The highest BCUT2D eigenvalue weighted by Gasteiger charge is 2.61. The number of nitrogens with zero attached hydrogens (tertiary/aromatic N) is 4. The van der Waals surface area contributed by atoms with Gasteiger partial charge in [0, 0.05) is 36.6 Å². The van der Waals surface area contributed by atoms with E-state index in [1.807, 2.05) is 50.6 Å². The van der Waals surface area contributed by atoms with Gasteiger partial charge in [-0.15, -0.1) is 0 Å². The molecule has 14 heteroatoms. The molecule has 14 nitrogen and oxygen atoms in total. The third-order valence-corrected chi connectivity index (χ3v) is 12.6. The predicted octanol–water partition coefficient (Wildman–Crippen LogP) is 7.90. The van der Waals surface area contributed by atoms with Crippen LogP contribution in [0.1, 0.15) is 83.7 Å². The lowest BCUT2D eigenvalue weighted by Gasteiger charge is -2.30. The number of piperidine rings is 1. The van der Waals surface area contributed by atoms with Crippen LogP contribution in [0.25, 0.3) is 44.2 Å². The van der Waals surface area contributed by atoms with Crippen LogP contribution in [0.4, 0.5) is 9.59 Å². The zero-order chi connectivity index (χ0) is 41.5. The molecule has 3 aromatic carbocycles. The van der Waals surface area contributed by atoms with Crippen molar-refractivity contribution in [1.29, 1.82) is 0 Å². The Bertz CT molecular complexity index is 2470. The Balaban J connectivity index is 0.977. The summed E-state index contributed by atoms with van der Waals surface area (Å²) in [5.41, 5.74) is 6.14. The summed E-state index contributed by atoms with van der Waals surface area (Å²) in [4.78, 5) is 60.2. The lowest BCUT2D eigenvalue weighted by Crippen LogP contribution is -2.51. The second-order valence-corrected chi connectivity index (χ2v) is 18.1. The molecule has 2 saturated heterocycles. The van der Waals surface area contributed by atoms with Gasteiger partial charge in [-0.25, -0.2) is 19.6 Å². The van der Waals surface area contributed by atoms with Crippen LogP contribution in [-0.4, -0.2) is 92.9 Å². The number of rotatable bonds is 8. The Hall–Kier alpha value is -5.63. The van der Waals surface area contributed by atoms with E-state index >= 15 is 0 Å². The molecule has 2 aromatic heterocycles. The molecule has 0 radical (unpaired) electrons. The van der Waals surface area contributed by atoms with Crippen molar-refractivity contribution in [1.82, 2.24) is 35.1 Å². The lowest BCUT2D eigenvalue weighted by molar-refractivity contribution is -0.135. The first kappa shape index (κ1) is 38.9. The molecule has 4 aliphatic rings. The largest absolute Gasteiger partial charge is 0.488 e. The molecular weight excluding hydrogens is 751 g/mol. The Morgan fingerprint density at radius 2 is 1.81 bits per heavy atom. The monoisotopic (exact) mass is 803 g/mol. The first-order valence-corrected chi connectivity index (χ1v) is 20.7. The van der Waals surface area contributed by atoms with E-state index in [4.69, 9.17) is 28.9 Å². The predicted molar refractivity (Wildman–Crippen MR) is 221 cm³/mol. The molecule has 3 fully saturated rings. The topological polar surface area (TPSA) is 164 Å². The van der Waals surface area contributed by atoms with Gasteiger partial charge in [0.15, 0.2) is 0 Å². The van der Waals surface area contributed by atoms with E-state index < -0.39 is 17.7 Å². The smallest absolute Gasteiger partial charge is 0.411 e. The SMILES string of the molecule is COC[C@H]1C[C@@H](c2ncc(-c3ccc4c(c3)COc3cc5c(ccc6[nH]c([C@@H]7C[C@H]8[C@@H](C)[C@H]8N7C(=O)OC(C)(C)C)nc65)cc3-4)[nH]2)N(C(=O)[C@@H](NC(=O)OC)C(C)C)C1. The van der Waals surface area contributed by atoms with Crippen molar-refractivity contribution in [2.24, 2.45) is 23.7 Å². The van der Waals surface area contributed by atoms with Crippen LogP contribution in [-0.2, 0) is 25.6 Å². The van der Waals surface area contributed by atoms with E-state index in [9.17, 15) is 14.4 Å². The van der Waals surface area contributed by atoms with Gasteiger partial charge in [0.25, 0.3) is 0 Å². The second kappa shape index (κ2) is 14.6. The highest BCUT2D eigenvalue weighted by molar-refractivity contribution is 6.07. The maximum atomic E-state index is 13.9. The fraction of sp³-hybridized carbons (Fsp3) is 0.489. The Morgan fingerprint density at radius 3 is 2.56 bits per heavy atom. The highest BCUT2D eigenvalue weighted by atomic mass is 16.6. The van der Waals surface area contributed by atoms with Crippen molar-refractivity contribution < 1.29 is 33.3 Å². The normalized spacial score (nSPS) is 23.8. The number of H-pyrrole nitrogens is 2. The quantitative estimate of drug-likeness (QED) is 0.142. The number of nitrogens with one attached hydrogen (secondary N) is 3. The molecule has 1 aliphatic carbocycles. The van der Waals surface area contributed by atoms with Crippen molar-refractivity contribution in [3.8, 4) is 28.1 Å².